The number of esters is 1. The fourth-order valence-electron chi connectivity index (χ4n) is 3.01. The number of aryl methyl sites for hydroxylation is 1. The van der Waals surface area contributed by atoms with Gasteiger partial charge >= 0.3 is 5.97 Å². The minimum atomic E-state index is -0.769. The molecule has 1 aliphatic rings. The average molecular weight is 347 g/mol. The maximum atomic E-state index is 12.2. The van der Waals surface area contributed by atoms with Crippen molar-refractivity contribution in [3.05, 3.63) is 29.8 Å². The summed E-state index contributed by atoms with van der Waals surface area (Å²) in [6, 6.07) is 7.85. The summed E-state index contributed by atoms with van der Waals surface area (Å²) in [4.78, 5) is 24.1. The smallest absolute Gasteiger partial charge is 0.310 e. The Morgan fingerprint density at radius 3 is 2.52 bits per heavy atom. The second-order valence-electron chi connectivity index (χ2n) is 6.69. The zero-order valence-electron chi connectivity index (χ0n) is 15.3. The summed E-state index contributed by atoms with van der Waals surface area (Å²) in [6.45, 7) is 3.81. The maximum absolute atomic E-state index is 12.2. The van der Waals surface area contributed by atoms with Crippen LogP contribution in [0.15, 0.2) is 24.3 Å². The molecule has 0 spiro atoms. The van der Waals surface area contributed by atoms with Crippen LogP contribution < -0.4 is 10.1 Å². The Morgan fingerprint density at radius 2 is 1.84 bits per heavy atom. The molecule has 1 amide bonds. The quantitative estimate of drug-likeness (QED) is 0.605. The lowest BCUT2D eigenvalue weighted by Gasteiger charge is -2.19. The molecule has 5 nitrogen and oxygen atoms in total. The van der Waals surface area contributed by atoms with Gasteiger partial charge in [-0.25, -0.2) is 0 Å². The van der Waals surface area contributed by atoms with E-state index in [2.05, 4.69) is 5.32 Å². The Balaban J connectivity index is 1.68. The Bertz CT molecular complexity index is 565. The summed E-state index contributed by atoms with van der Waals surface area (Å²) in [6.07, 6.45) is 6.14. The van der Waals surface area contributed by atoms with Gasteiger partial charge in [-0.1, -0.05) is 43.9 Å². The van der Waals surface area contributed by atoms with Crippen LogP contribution in [0.1, 0.15) is 57.4 Å². The molecule has 2 rings (SSSR count). The molecule has 0 saturated heterocycles. The minimum absolute atomic E-state index is 0.120. The molecule has 0 bridgehead atoms. The van der Waals surface area contributed by atoms with Gasteiger partial charge in [0.1, 0.15) is 5.75 Å². The van der Waals surface area contributed by atoms with Gasteiger partial charge in [-0.15, -0.1) is 0 Å². The van der Waals surface area contributed by atoms with Crippen molar-refractivity contribution in [2.24, 2.45) is 0 Å². The van der Waals surface area contributed by atoms with Crippen molar-refractivity contribution in [1.82, 2.24) is 5.32 Å². The monoisotopic (exact) mass is 347 g/mol. The highest BCUT2D eigenvalue weighted by molar-refractivity contribution is 5.83. The molecule has 0 unspecified atom stereocenters. The highest BCUT2D eigenvalue weighted by Crippen LogP contribution is 2.18. The van der Waals surface area contributed by atoms with Gasteiger partial charge in [0.2, 0.25) is 0 Å². The summed E-state index contributed by atoms with van der Waals surface area (Å²) < 4.78 is 10.8. The molecule has 0 aliphatic heterocycles. The first kappa shape index (κ1) is 19.3. The van der Waals surface area contributed by atoms with Gasteiger partial charge in [-0.3, -0.25) is 9.59 Å². The molecule has 1 fully saturated rings. The number of ether oxygens (including phenoxy) is 2. The van der Waals surface area contributed by atoms with E-state index in [1.54, 1.807) is 6.92 Å². The summed E-state index contributed by atoms with van der Waals surface area (Å²) in [5, 5.41) is 3.01. The van der Waals surface area contributed by atoms with Crippen LogP contribution in [0.25, 0.3) is 0 Å². The first-order chi connectivity index (χ1) is 12.1. The lowest BCUT2D eigenvalue weighted by atomic mass is 10.1. The molecule has 1 N–H and O–H groups in total. The van der Waals surface area contributed by atoms with Gasteiger partial charge in [-0.2, -0.15) is 0 Å². The van der Waals surface area contributed by atoms with Crippen molar-refractivity contribution < 1.29 is 19.1 Å². The standard InChI is InChI=1S/C20H29NO4/c1-15-9-7-8-12-18(15)24-14-13-19(22)25-16(2)20(23)21-17-10-5-3-4-6-11-17/h7-9,12,16-17H,3-6,10-11,13-14H2,1-2H3,(H,21,23)/t16-/m1/s1. The molecule has 1 aliphatic carbocycles. The topological polar surface area (TPSA) is 64.6 Å². The van der Waals surface area contributed by atoms with E-state index in [1.807, 2.05) is 31.2 Å². The van der Waals surface area contributed by atoms with Crippen LogP contribution in [0, 0.1) is 6.92 Å². The Labute approximate surface area is 150 Å². The second kappa shape index (κ2) is 10.1. The fraction of sp³-hybridized carbons (Fsp3) is 0.600. The molecular weight excluding hydrogens is 318 g/mol. The number of carbonyl (C=O) groups excluding carboxylic acids is 2. The van der Waals surface area contributed by atoms with Crippen molar-refractivity contribution in [1.29, 1.82) is 0 Å². The number of hydrogen-bond acceptors (Lipinski definition) is 4. The van der Waals surface area contributed by atoms with E-state index < -0.39 is 12.1 Å². The SMILES string of the molecule is Cc1ccccc1OCCC(=O)O[C@H](C)C(=O)NC1CCCCCC1. The van der Waals surface area contributed by atoms with Gasteiger partial charge in [0.15, 0.2) is 6.10 Å². The van der Waals surface area contributed by atoms with Gasteiger partial charge < -0.3 is 14.8 Å². The molecule has 0 aromatic heterocycles. The van der Waals surface area contributed by atoms with E-state index in [1.165, 1.54) is 12.8 Å². The summed E-state index contributed by atoms with van der Waals surface area (Å²) in [7, 11) is 0. The molecule has 1 saturated carbocycles. The molecular formula is C20H29NO4. The van der Waals surface area contributed by atoms with Crippen LogP contribution in [-0.4, -0.2) is 30.6 Å². The third-order valence-electron chi connectivity index (χ3n) is 4.54. The third kappa shape index (κ3) is 6.77. The van der Waals surface area contributed by atoms with Gasteiger partial charge in [0.05, 0.1) is 13.0 Å². The number of benzene rings is 1. The maximum Gasteiger partial charge on any atom is 0.310 e. The Kier molecular flexibility index (Phi) is 7.76. The summed E-state index contributed by atoms with van der Waals surface area (Å²) >= 11 is 0. The van der Waals surface area contributed by atoms with Crippen LogP contribution in [-0.2, 0) is 14.3 Å². The average Bonchev–Trinajstić information content (AvgIpc) is 2.85. The van der Waals surface area contributed by atoms with E-state index in [9.17, 15) is 9.59 Å². The normalized spacial score (nSPS) is 16.6. The zero-order valence-corrected chi connectivity index (χ0v) is 15.3. The van der Waals surface area contributed by atoms with Crippen molar-refractivity contribution in [2.75, 3.05) is 6.61 Å². The third-order valence-corrected chi connectivity index (χ3v) is 4.54. The van der Waals surface area contributed by atoms with Crippen LogP contribution in [0.2, 0.25) is 0 Å². The lowest BCUT2D eigenvalue weighted by molar-refractivity contribution is -0.155. The molecule has 0 radical (unpaired) electrons. The Hall–Kier alpha value is -2.04. The molecule has 0 heterocycles. The van der Waals surface area contributed by atoms with Crippen molar-refractivity contribution in [3.63, 3.8) is 0 Å². The summed E-state index contributed by atoms with van der Waals surface area (Å²) in [5.41, 5.74) is 1.02. The Morgan fingerprint density at radius 1 is 1.16 bits per heavy atom. The molecule has 138 valence electrons. The number of amides is 1. The van der Waals surface area contributed by atoms with Crippen LogP contribution >= 0.6 is 0 Å². The van der Waals surface area contributed by atoms with E-state index in [-0.39, 0.29) is 25.0 Å². The number of hydrogen-bond donors (Lipinski definition) is 1. The highest BCUT2D eigenvalue weighted by Gasteiger charge is 2.21. The summed E-state index contributed by atoms with van der Waals surface area (Å²) in [5.74, 6) is 0.131. The van der Waals surface area contributed by atoms with Crippen LogP contribution in [0.3, 0.4) is 0 Å². The van der Waals surface area contributed by atoms with E-state index >= 15 is 0 Å². The first-order valence-electron chi connectivity index (χ1n) is 9.24. The van der Waals surface area contributed by atoms with E-state index in [4.69, 9.17) is 9.47 Å². The molecule has 25 heavy (non-hydrogen) atoms. The molecule has 1 aromatic rings. The molecule has 1 aromatic carbocycles. The second-order valence-corrected chi connectivity index (χ2v) is 6.69. The van der Waals surface area contributed by atoms with Gasteiger partial charge in [0, 0.05) is 6.04 Å². The predicted octanol–water partition coefficient (Wildman–Crippen LogP) is 3.53. The predicted molar refractivity (Wildman–Crippen MR) is 96.5 cm³/mol. The first-order valence-corrected chi connectivity index (χ1v) is 9.24. The number of nitrogens with one attached hydrogen (secondary N) is 1. The highest BCUT2D eigenvalue weighted by atomic mass is 16.5. The number of para-hydroxylation sites is 1. The zero-order chi connectivity index (χ0) is 18.1. The number of rotatable bonds is 7. The minimum Gasteiger partial charge on any atom is -0.493 e. The molecule has 1 atom stereocenters. The van der Waals surface area contributed by atoms with Crippen molar-refractivity contribution in [2.45, 2.75) is 70.9 Å². The van der Waals surface area contributed by atoms with E-state index in [0.717, 1.165) is 37.0 Å². The lowest BCUT2D eigenvalue weighted by Crippen LogP contribution is -2.42. The largest absolute Gasteiger partial charge is 0.493 e. The van der Waals surface area contributed by atoms with Crippen LogP contribution in [0.4, 0.5) is 0 Å². The van der Waals surface area contributed by atoms with Crippen molar-refractivity contribution >= 4 is 11.9 Å². The van der Waals surface area contributed by atoms with Crippen LogP contribution in [0.5, 0.6) is 5.75 Å². The van der Waals surface area contributed by atoms with Gasteiger partial charge in [-0.05, 0) is 38.3 Å². The number of carbonyl (C=O) groups is 2. The van der Waals surface area contributed by atoms with Gasteiger partial charge in [0.25, 0.3) is 5.91 Å². The fourth-order valence-corrected chi connectivity index (χ4v) is 3.01. The van der Waals surface area contributed by atoms with Crippen molar-refractivity contribution in [3.8, 4) is 5.75 Å². The molecule has 5 heteroatoms. The van der Waals surface area contributed by atoms with E-state index in [0.29, 0.717) is 0 Å².